The lowest BCUT2D eigenvalue weighted by Crippen LogP contribution is -2.45. The lowest BCUT2D eigenvalue weighted by molar-refractivity contribution is -0.115. The first-order valence-corrected chi connectivity index (χ1v) is 7.92. The summed E-state index contributed by atoms with van der Waals surface area (Å²) in [5.41, 5.74) is 0.427. The molecule has 1 saturated carbocycles. The van der Waals surface area contributed by atoms with Gasteiger partial charge in [-0.2, -0.15) is 8.78 Å². The van der Waals surface area contributed by atoms with Crippen molar-refractivity contribution in [3.63, 3.8) is 0 Å². The van der Waals surface area contributed by atoms with Crippen LogP contribution in [-0.2, 0) is 4.79 Å². The minimum absolute atomic E-state index is 0.00739. The van der Waals surface area contributed by atoms with Crippen LogP contribution in [-0.4, -0.2) is 31.1 Å². The predicted molar refractivity (Wildman–Crippen MR) is 85.1 cm³/mol. The van der Waals surface area contributed by atoms with E-state index in [1.54, 1.807) is 0 Å². The molecule has 1 aromatic rings. The molecule has 0 aromatic heterocycles. The Morgan fingerprint density at radius 3 is 2.42 bits per heavy atom. The Labute approximate surface area is 138 Å². The number of alkyl halides is 2. The molecule has 1 aromatic carbocycles. The van der Waals surface area contributed by atoms with Crippen molar-refractivity contribution in [3.8, 4) is 5.75 Å². The zero-order chi connectivity index (χ0) is 17.4. The number of hydrogen-bond acceptors (Lipinski definition) is 3. The third-order valence-electron chi connectivity index (χ3n) is 3.71. The summed E-state index contributed by atoms with van der Waals surface area (Å²) in [5, 5.41) is 7.90. The Hall–Kier alpha value is -2.38. The normalized spacial score (nSPS) is 15.0. The molecule has 0 aliphatic heterocycles. The SMILES string of the molecule is O=C(CNC(=O)NC1CCCCC1)Nc1ccc(OC(F)F)cc1. The Kier molecular flexibility index (Phi) is 6.77. The lowest BCUT2D eigenvalue weighted by Gasteiger charge is -2.22. The molecule has 24 heavy (non-hydrogen) atoms. The van der Waals surface area contributed by atoms with Crippen LogP contribution in [0.3, 0.4) is 0 Å². The standard InChI is InChI=1S/C16H21F2N3O3/c17-15(18)24-13-8-6-12(7-9-13)20-14(22)10-19-16(23)21-11-4-2-1-3-5-11/h6-9,11,15H,1-5,10H2,(H,20,22)(H2,19,21,23). The van der Waals surface area contributed by atoms with Crippen LogP contribution in [0.5, 0.6) is 5.75 Å². The van der Waals surface area contributed by atoms with Crippen LogP contribution in [0.1, 0.15) is 32.1 Å². The molecule has 6 nitrogen and oxygen atoms in total. The van der Waals surface area contributed by atoms with E-state index in [1.807, 2.05) is 0 Å². The fourth-order valence-electron chi connectivity index (χ4n) is 2.57. The smallest absolute Gasteiger partial charge is 0.387 e. The van der Waals surface area contributed by atoms with Gasteiger partial charge in [-0.3, -0.25) is 4.79 Å². The van der Waals surface area contributed by atoms with Gasteiger partial charge in [0.15, 0.2) is 0 Å². The molecule has 0 unspecified atom stereocenters. The van der Waals surface area contributed by atoms with E-state index in [0.29, 0.717) is 5.69 Å². The Morgan fingerprint density at radius 1 is 1.12 bits per heavy atom. The molecule has 0 saturated heterocycles. The highest BCUT2D eigenvalue weighted by molar-refractivity contribution is 5.94. The number of urea groups is 1. The van der Waals surface area contributed by atoms with E-state index in [4.69, 9.17) is 0 Å². The maximum Gasteiger partial charge on any atom is 0.387 e. The van der Waals surface area contributed by atoms with E-state index in [0.717, 1.165) is 25.7 Å². The number of benzene rings is 1. The average Bonchev–Trinajstić information content (AvgIpc) is 2.55. The first-order chi connectivity index (χ1) is 11.5. The van der Waals surface area contributed by atoms with Crippen LogP contribution in [0.4, 0.5) is 19.3 Å². The molecule has 132 valence electrons. The molecular weight excluding hydrogens is 320 g/mol. The Balaban J connectivity index is 1.69. The van der Waals surface area contributed by atoms with Gasteiger partial charge in [-0.1, -0.05) is 19.3 Å². The van der Waals surface area contributed by atoms with Crippen LogP contribution in [0, 0.1) is 0 Å². The number of amides is 3. The molecule has 0 bridgehead atoms. The number of rotatable bonds is 6. The van der Waals surface area contributed by atoms with E-state index < -0.39 is 12.5 Å². The number of halogens is 2. The molecule has 3 N–H and O–H groups in total. The van der Waals surface area contributed by atoms with Crippen molar-refractivity contribution in [2.45, 2.75) is 44.8 Å². The summed E-state index contributed by atoms with van der Waals surface area (Å²) in [7, 11) is 0. The second-order valence-electron chi connectivity index (χ2n) is 5.61. The maximum absolute atomic E-state index is 12.0. The van der Waals surface area contributed by atoms with Crippen molar-refractivity contribution in [3.05, 3.63) is 24.3 Å². The number of nitrogens with one attached hydrogen (secondary N) is 3. The first kappa shape index (κ1) is 18.0. The molecule has 0 atom stereocenters. The van der Waals surface area contributed by atoms with E-state index in [-0.39, 0.29) is 24.4 Å². The molecule has 1 aliphatic rings. The van der Waals surface area contributed by atoms with Crippen molar-refractivity contribution in [2.24, 2.45) is 0 Å². The van der Waals surface area contributed by atoms with E-state index in [1.165, 1.54) is 30.7 Å². The van der Waals surface area contributed by atoms with Gasteiger partial charge in [-0.05, 0) is 37.1 Å². The topological polar surface area (TPSA) is 79.5 Å². The lowest BCUT2D eigenvalue weighted by atomic mass is 9.96. The highest BCUT2D eigenvalue weighted by Crippen LogP contribution is 2.18. The van der Waals surface area contributed by atoms with Crippen molar-refractivity contribution in [1.29, 1.82) is 0 Å². The number of carbonyl (C=O) groups excluding carboxylic acids is 2. The number of hydrogen-bond donors (Lipinski definition) is 3. The molecule has 3 amide bonds. The minimum Gasteiger partial charge on any atom is -0.435 e. The van der Waals surface area contributed by atoms with Crippen molar-refractivity contribution in [1.82, 2.24) is 10.6 Å². The average molecular weight is 341 g/mol. The van der Waals surface area contributed by atoms with Crippen LogP contribution in [0.2, 0.25) is 0 Å². The van der Waals surface area contributed by atoms with E-state index in [9.17, 15) is 18.4 Å². The molecule has 2 rings (SSSR count). The molecule has 8 heteroatoms. The minimum atomic E-state index is -2.89. The summed E-state index contributed by atoms with van der Waals surface area (Å²) in [6.45, 7) is -3.06. The second-order valence-corrected chi connectivity index (χ2v) is 5.61. The van der Waals surface area contributed by atoms with Gasteiger partial charge >= 0.3 is 12.6 Å². The third kappa shape index (κ3) is 6.39. The maximum atomic E-state index is 12.0. The summed E-state index contributed by atoms with van der Waals surface area (Å²) in [6.07, 6.45) is 5.34. The first-order valence-electron chi connectivity index (χ1n) is 7.92. The van der Waals surface area contributed by atoms with Crippen molar-refractivity contribution < 1.29 is 23.1 Å². The van der Waals surface area contributed by atoms with Gasteiger partial charge in [0.1, 0.15) is 5.75 Å². The van der Waals surface area contributed by atoms with Crippen LogP contribution in [0.25, 0.3) is 0 Å². The predicted octanol–water partition coefficient (Wildman–Crippen LogP) is 2.86. The summed E-state index contributed by atoms with van der Waals surface area (Å²) >= 11 is 0. The summed E-state index contributed by atoms with van der Waals surface area (Å²) < 4.78 is 28.3. The van der Waals surface area contributed by atoms with Gasteiger partial charge < -0.3 is 20.7 Å². The monoisotopic (exact) mass is 341 g/mol. The highest BCUT2D eigenvalue weighted by atomic mass is 19.3. The number of ether oxygens (including phenoxy) is 1. The summed E-state index contributed by atoms with van der Waals surface area (Å²) in [5.74, 6) is -0.399. The largest absolute Gasteiger partial charge is 0.435 e. The molecular formula is C16H21F2N3O3. The number of anilines is 1. The molecule has 0 spiro atoms. The van der Waals surface area contributed by atoms with E-state index in [2.05, 4.69) is 20.7 Å². The van der Waals surface area contributed by atoms with Gasteiger partial charge in [-0.15, -0.1) is 0 Å². The third-order valence-corrected chi connectivity index (χ3v) is 3.71. The van der Waals surface area contributed by atoms with Crippen LogP contribution >= 0.6 is 0 Å². The Bertz CT molecular complexity index is 546. The summed E-state index contributed by atoms with van der Waals surface area (Å²) in [4.78, 5) is 23.5. The fraction of sp³-hybridized carbons (Fsp3) is 0.500. The van der Waals surface area contributed by atoms with Gasteiger partial charge in [0.25, 0.3) is 0 Å². The van der Waals surface area contributed by atoms with Gasteiger partial charge in [0.05, 0.1) is 6.54 Å². The molecule has 1 aliphatic carbocycles. The van der Waals surface area contributed by atoms with Crippen LogP contribution in [0.15, 0.2) is 24.3 Å². The highest BCUT2D eigenvalue weighted by Gasteiger charge is 2.15. The van der Waals surface area contributed by atoms with Gasteiger partial charge in [0, 0.05) is 11.7 Å². The van der Waals surface area contributed by atoms with Crippen LogP contribution < -0.4 is 20.7 Å². The van der Waals surface area contributed by atoms with Crippen molar-refractivity contribution >= 4 is 17.6 Å². The second kappa shape index (κ2) is 9.05. The summed E-state index contributed by atoms with van der Waals surface area (Å²) in [6, 6.07) is 5.34. The zero-order valence-electron chi connectivity index (χ0n) is 13.2. The molecule has 0 radical (unpaired) electrons. The van der Waals surface area contributed by atoms with Gasteiger partial charge in [-0.25, -0.2) is 4.79 Å². The Morgan fingerprint density at radius 2 is 1.79 bits per heavy atom. The van der Waals surface area contributed by atoms with Crippen molar-refractivity contribution in [2.75, 3.05) is 11.9 Å². The molecule has 1 fully saturated rings. The quantitative estimate of drug-likeness (QED) is 0.744. The number of carbonyl (C=O) groups is 2. The van der Waals surface area contributed by atoms with Gasteiger partial charge in [0.2, 0.25) is 5.91 Å². The zero-order valence-corrected chi connectivity index (χ0v) is 13.2. The van der Waals surface area contributed by atoms with E-state index >= 15 is 0 Å². The fourth-order valence-corrected chi connectivity index (χ4v) is 2.57. The molecule has 0 heterocycles.